The van der Waals surface area contributed by atoms with Crippen molar-refractivity contribution in [3.05, 3.63) is 29.3 Å². The quantitative estimate of drug-likeness (QED) is 0.762. The van der Waals surface area contributed by atoms with E-state index >= 15 is 0 Å². The third-order valence-electron chi connectivity index (χ3n) is 2.33. The number of carbonyl (C=O) groups excluding carboxylic acids is 1. The van der Waals surface area contributed by atoms with Crippen LogP contribution in [-0.2, 0) is 11.2 Å². The van der Waals surface area contributed by atoms with Crippen molar-refractivity contribution in [2.45, 2.75) is 18.0 Å². The predicted molar refractivity (Wildman–Crippen MR) is 53.4 cm³/mol. The Morgan fingerprint density at radius 2 is 2.06 bits per heavy atom. The zero-order valence-electron chi connectivity index (χ0n) is 7.94. The summed E-state index contributed by atoms with van der Waals surface area (Å²) in [6.45, 7) is 0. The van der Waals surface area contributed by atoms with Crippen molar-refractivity contribution < 1.29 is 18.0 Å². The van der Waals surface area contributed by atoms with Gasteiger partial charge in [-0.25, -0.2) is 0 Å². The van der Waals surface area contributed by atoms with Crippen molar-refractivity contribution in [2.75, 3.05) is 5.32 Å². The highest BCUT2D eigenvalue weighted by Crippen LogP contribution is 2.39. The van der Waals surface area contributed by atoms with Gasteiger partial charge in [0.1, 0.15) is 0 Å². The lowest BCUT2D eigenvalue weighted by atomic mass is 10.1. The number of fused-ring (bicyclic) bond motifs is 1. The molecule has 0 saturated heterocycles. The van der Waals surface area contributed by atoms with Crippen LogP contribution in [0.25, 0.3) is 0 Å². The number of benzene rings is 1. The summed E-state index contributed by atoms with van der Waals surface area (Å²) in [5, 5.41) is 0.505. The Hall–Kier alpha value is -1.23. The van der Waals surface area contributed by atoms with Gasteiger partial charge in [-0.3, -0.25) is 4.79 Å². The monoisotopic (exact) mass is 249 g/mol. The molecule has 1 atom stereocenters. The lowest BCUT2D eigenvalue weighted by Gasteiger charge is -2.14. The molecule has 1 aliphatic rings. The van der Waals surface area contributed by atoms with Gasteiger partial charge in [0.05, 0.1) is 6.42 Å². The lowest BCUT2D eigenvalue weighted by Crippen LogP contribution is -2.15. The largest absolute Gasteiger partial charge is 0.408 e. The average Bonchev–Trinajstić information content (AvgIpc) is 2.54. The van der Waals surface area contributed by atoms with E-state index in [1.54, 1.807) is 0 Å². The van der Waals surface area contributed by atoms with Gasteiger partial charge in [-0.1, -0.05) is 12.1 Å². The number of rotatable bonds is 1. The minimum atomic E-state index is -4.48. The molecular weight excluding hydrogens is 243 g/mol. The summed E-state index contributed by atoms with van der Waals surface area (Å²) in [6, 6.07) is 4.03. The molecule has 16 heavy (non-hydrogen) atoms. The Labute approximate surface area is 94.4 Å². The van der Waals surface area contributed by atoms with Crippen LogP contribution in [0.4, 0.5) is 18.9 Å². The Bertz CT molecular complexity index is 444. The molecular formula is C10H7ClF3NO. The van der Waals surface area contributed by atoms with Gasteiger partial charge in [-0.15, -0.1) is 11.6 Å². The topological polar surface area (TPSA) is 29.1 Å². The lowest BCUT2D eigenvalue weighted by molar-refractivity contribution is -0.131. The average molecular weight is 250 g/mol. The number of halogens is 4. The van der Waals surface area contributed by atoms with E-state index < -0.39 is 11.6 Å². The summed E-state index contributed by atoms with van der Waals surface area (Å²) in [5.74, 6) is -0.217. The fourth-order valence-corrected chi connectivity index (χ4v) is 1.73. The fourth-order valence-electron chi connectivity index (χ4n) is 1.60. The second kappa shape index (κ2) is 3.66. The minimum absolute atomic E-state index is 0.0376. The molecule has 86 valence electrons. The van der Waals surface area contributed by atoms with Crippen LogP contribution in [0.2, 0.25) is 0 Å². The van der Waals surface area contributed by atoms with Gasteiger partial charge in [-0.05, 0) is 17.2 Å². The summed E-state index contributed by atoms with van der Waals surface area (Å²) in [6.07, 6.45) is -4.38. The number of hydrogen-bond donors (Lipinski definition) is 1. The van der Waals surface area contributed by atoms with Crippen LogP contribution in [0.15, 0.2) is 18.2 Å². The third-order valence-corrected chi connectivity index (χ3v) is 2.83. The van der Waals surface area contributed by atoms with Gasteiger partial charge < -0.3 is 5.32 Å². The van der Waals surface area contributed by atoms with Crippen LogP contribution in [0.1, 0.15) is 16.5 Å². The first kappa shape index (κ1) is 11.3. The van der Waals surface area contributed by atoms with Crippen molar-refractivity contribution >= 4 is 23.2 Å². The summed E-state index contributed by atoms with van der Waals surface area (Å²) in [5.41, 5.74) is 1.07. The molecule has 1 aliphatic heterocycles. The van der Waals surface area contributed by atoms with Crippen LogP contribution in [0, 0.1) is 0 Å². The number of alkyl halides is 4. The second-order valence-electron chi connectivity index (χ2n) is 3.55. The van der Waals surface area contributed by atoms with Gasteiger partial charge in [-0.2, -0.15) is 13.2 Å². The molecule has 1 N–H and O–H groups in total. The molecule has 1 amide bonds. The number of amides is 1. The Morgan fingerprint density at radius 3 is 2.69 bits per heavy atom. The van der Waals surface area contributed by atoms with E-state index in [9.17, 15) is 18.0 Å². The first-order chi connectivity index (χ1) is 7.38. The highest BCUT2D eigenvalue weighted by molar-refractivity contribution is 6.21. The number of hydrogen-bond acceptors (Lipinski definition) is 1. The Balaban J connectivity index is 2.33. The molecule has 1 aromatic rings. The molecule has 0 fully saturated rings. The van der Waals surface area contributed by atoms with Crippen LogP contribution in [-0.4, -0.2) is 12.1 Å². The molecule has 1 heterocycles. The molecule has 6 heteroatoms. The first-order valence-electron chi connectivity index (χ1n) is 4.51. The highest BCUT2D eigenvalue weighted by Gasteiger charge is 2.39. The van der Waals surface area contributed by atoms with E-state index in [2.05, 4.69) is 5.32 Å². The Morgan fingerprint density at radius 1 is 1.38 bits per heavy atom. The van der Waals surface area contributed by atoms with E-state index in [1.807, 2.05) is 0 Å². The molecule has 0 spiro atoms. The molecule has 0 aliphatic carbocycles. The van der Waals surface area contributed by atoms with Crippen LogP contribution in [0.5, 0.6) is 0 Å². The van der Waals surface area contributed by atoms with E-state index in [-0.39, 0.29) is 17.9 Å². The van der Waals surface area contributed by atoms with E-state index in [0.717, 1.165) is 0 Å². The number of anilines is 1. The zero-order valence-corrected chi connectivity index (χ0v) is 8.69. The molecule has 0 aromatic heterocycles. The molecule has 1 unspecified atom stereocenters. The summed E-state index contributed by atoms with van der Waals surface area (Å²) >= 11 is 5.29. The Kier molecular flexibility index (Phi) is 2.58. The van der Waals surface area contributed by atoms with Crippen molar-refractivity contribution in [1.29, 1.82) is 0 Å². The summed E-state index contributed by atoms with van der Waals surface area (Å²) in [7, 11) is 0. The van der Waals surface area contributed by atoms with Gasteiger partial charge in [0, 0.05) is 5.69 Å². The number of nitrogens with one attached hydrogen (secondary N) is 1. The predicted octanol–water partition coefficient (Wildman–Crippen LogP) is 3.02. The summed E-state index contributed by atoms with van der Waals surface area (Å²) < 4.78 is 37.0. The van der Waals surface area contributed by atoms with Crippen molar-refractivity contribution in [3.8, 4) is 0 Å². The normalized spacial score (nSPS) is 16.9. The van der Waals surface area contributed by atoms with Gasteiger partial charge >= 0.3 is 6.18 Å². The standard InChI is InChI=1S/C10H7ClF3NO/c11-9(10(12,13)14)5-1-2-7-6(3-5)4-8(16)15-7/h1-3,9H,4H2,(H,15,16). The van der Waals surface area contributed by atoms with Crippen LogP contribution >= 0.6 is 11.6 Å². The first-order valence-corrected chi connectivity index (χ1v) is 4.95. The van der Waals surface area contributed by atoms with Gasteiger partial charge in [0.2, 0.25) is 5.91 Å². The fraction of sp³-hybridized carbons (Fsp3) is 0.300. The number of carbonyl (C=O) groups is 1. The molecule has 0 saturated carbocycles. The van der Waals surface area contributed by atoms with Crippen molar-refractivity contribution in [3.63, 3.8) is 0 Å². The second-order valence-corrected chi connectivity index (χ2v) is 3.98. The molecule has 0 bridgehead atoms. The molecule has 2 rings (SSSR count). The maximum Gasteiger partial charge on any atom is 0.408 e. The molecule has 2 nitrogen and oxygen atoms in total. The summed E-state index contributed by atoms with van der Waals surface area (Å²) in [4.78, 5) is 11.0. The van der Waals surface area contributed by atoms with Crippen LogP contribution in [0.3, 0.4) is 0 Å². The van der Waals surface area contributed by atoms with E-state index in [0.29, 0.717) is 11.3 Å². The smallest absolute Gasteiger partial charge is 0.326 e. The molecule has 1 aromatic carbocycles. The van der Waals surface area contributed by atoms with Gasteiger partial charge in [0.25, 0.3) is 0 Å². The maximum atomic E-state index is 12.3. The SMILES string of the molecule is O=C1Cc2cc(C(Cl)C(F)(F)F)ccc2N1. The maximum absolute atomic E-state index is 12.3. The van der Waals surface area contributed by atoms with E-state index in [1.165, 1.54) is 18.2 Å². The third kappa shape index (κ3) is 2.00. The zero-order chi connectivity index (χ0) is 11.9. The minimum Gasteiger partial charge on any atom is -0.326 e. The molecule has 0 radical (unpaired) electrons. The van der Waals surface area contributed by atoms with Crippen molar-refractivity contribution in [2.24, 2.45) is 0 Å². The van der Waals surface area contributed by atoms with Crippen LogP contribution < -0.4 is 5.32 Å². The van der Waals surface area contributed by atoms with Crippen molar-refractivity contribution in [1.82, 2.24) is 0 Å². The van der Waals surface area contributed by atoms with Gasteiger partial charge in [0.15, 0.2) is 5.38 Å². The van der Waals surface area contributed by atoms with E-state index in [4.69, 9.17) is 11.6 Å². The highest BCUT2D eigenvalue weighted by atomic mass is 35.5.